The number of rotatable bonds is 7. The molecule has 3 rings (SSSR count). The molecule has 0 radical (unpaired) electrons. The fourth-order valence-electron chi connectivity index (χ4n) is 2.67. The van der Waals surface area contributed by atoms with Crippen LogP contribution in [-0.4, -0.2) is 24.1 Å². The monoisotopic (exact) mass is 557 g/mol. The van der Waals surface area contributed by atoms with Gasteiger partial charge < -0.3 is 10.1 Å². The third-order valence-electron chi connectivity index (χ3n) is 4.42. The lowest BCUT2D eigenvalue weighted by molar-refractivity contribution is -0.123. The molecule has 0 aromatic heterocycles. The maximum atomic E-state index is 12.4. The van der Waals surface area contributed by atoms with Gasteiger partial charge in [-0.15, -0.1) is 0 Å². The van der Waals surface area contributed by atoms with Gasteiger partial charge in [0.2, 0.25) is 0 Å². The van der Waals surface area contributed by atoms with Crippen molar-refractivity contribution in [1.29, 1.82) is 0 Å². The third-order valence-corrected chi connectivity index (χ3v) is 5.98. The maximum Gasteiger partial charge on any atom is 0.277 e. The minimum atomic E-state index is -0.495. The molecule has 0 aliphatic heterocycles. The average molecular weight is 560 g/mol. The number of hydrazone groups is 1. The van der Waals surface area contributed by atoms with Crippen molar-refractivity contribution >= 4 is 81.2 Å². The van der Waals surface area contributed by atoms with Crippen molar-refractivity contribution in [3.8, 4) is 5.75 Å². The van der Waals surface area contributed by atoms with E-state index in [0.29, 0.717) is 22.0 Å². The Morgan fingerprint density at radius 3 is 2.21 bits per heavy atom. The van der Waals surface area contributed by atoms with E-state index >= 15 is 0 Å². The standard InChI is InChI=1S/C23H16Cl5N3O3/c1-12(30-31-22(32)11-34-21-10-19(27)18(26)9-20(21)28)13-2-5-15(6-3-13)29-23(33)16-7-4-14(24)8-17(16)25/h2-10H,11H2,1H3,(H,29,33)(H,31,32). The molecule has 6 nitrogen and oxygen atoms in total. The highest BCUT2D eigenvalue weighted by Gasteiger charge is 2.12. The molecule has 0 saturated heterocycles. The summed E-state index contributed by atoms with van der Waals surface area (Å²) in [4.78, 5) is 24.5. The predicted octanol–water partition coefficient (Wildman–Crippen LogP) is 7.13. The van der Waals surface area contributed by atoms with Gasteiger partial charge in [0.15, 0.2) is 6.61 Å². The molecule has 0 atom stereocenters. The predicted molar refractivity (Wildman–Crippen MR) is 138 cm³/mol. The fraction of sp³-hybridized carbons (Fsp3) is 0.0870. The number of ether oxygens (including phenoxy) is 1. The van der Waals surface area contributed by atoms with Crippen LogP contribution < -0.4 is 15.5 Å². The van der Waals surface area contributed by atoms with Crippen LogP contribution in [0.4, 0.5) is 5.69 Å². The van der Waals surface area contributed by atoms with Crippen LogP contribution in [0.15, 0.2) is 59.7 Å². The summed E-state index contributed by atoms with van der Waals surface area (Å²) in [6, 6.07) is 14.4. The molecule has 0 unspecified atom stereocenters. The van der Waals surface area contributed by atoms with E-state index in [2.05, 4.69) is 15.8 Å². The van der Waals surface area contributed by atoms with Crippen molar-refractivity contribution in [2.24, 2.45) is 5.10 Å². The Hall–Kier alpha value is -2.48. The Morgan fingerprint density at radius 2 is 1.53 bits per heavy atom. The normalized spacial score (nSPS) is 11.2. The molecule has 2 amide bonds. The van der Waals surface area contributed by atoms with Crippen molar-refractivity contribution in [2.75, 3.05) is 11.9 Å². The number of carbonyl (C=O) groups is 2. The van der Waals surface area contributed by atoms with Crippen LogP contribution in [0.25, 0.3) is 0 Å². The van der Waals surface area contributed by atoms with Crippen molar-refractivity contribution in [3.05, 3.63) is 90.8 Å². The van der Waals surface area contributed by atoms with Gasteiger partial charge in [-0.25, -0.2) is 5.43 Å². The third kappa shape index (κ3) is 7.01. The highest BCUT2D eigenvalue weighted by molar-refractivity contribution is 6.43. The van der Waals surface area contributed by atoms with Crippen LogP contribution in [0.3, 0.4) is 0 Å². The van der Waals surface area contributed by atoms with Gasteiger partial charge in [0.25, 0.3) is 11.8 Å². The number of hydrogen-bond acceptors (Lipinski definition) is 4. The molecule has 0 bridgehead atoms. The molecular formula is C23H16Cl5N3O3. The second kappa shape index (κ2) is 11.8. The molecular weight excluding hydrogens is 544 g/mol. The summed E-state index contributed by atoms with van der Waals surface area (Å²) in [6.45, 7) is 1.39. The van der Waals surface area contributed by atoms with Crippen molar-refractivity contribution in [2.45, 2.75) is 6.92 Å². The molecule has 3 aromatic rings. The summed E-state index contributed by atoms with van der Waals surface area (Å²) >= 11 is 29.7. The Balaban J connectivity index is 1.55. The molecule has 11 heteroatoms. The number of nitrogens with one attached hydrogen (secondary N) is 2. The van der Waals surface area contributed by atoms with Crippen LogP contribution in [0, 0.1) is 0 Å². The first-order chi connectivity index (χ1) is 16.1. The average Bonchev–Trinajstić information content (AvgIpc) is 2.79. The summed E-state index contributed by atoms with van der Waals surface area (Å²) in [5, 5.41) is 8.28. The van der Waals surface area contributed by atoms with Gasteiger partial charge in [-0.1, -0.05) is 70.1 Å². The molecule has 0 aliphatic rings. The first kappa shape index (κ1) is 26.1. The number of halogens is 5. The lowest BCUT2D eigenvalue weighted by Gasteiger charge is -2.09. The zero-order valence-corrected chi connectivity index (χ0v) is 21.2. The Bertz CT molecular complexity index is 1260. The van der Waals surface area contributed by atoms with E-state index in [-0.39, 0.29) is 38.4 Å². The molecule has 2 N–H and O–H groups in total. The van der Waals surface area contributed by atoms with Crippen molar-refractivity contribution in [3.63, 3.8) is 0 Å². The summed E-state index contributed by atoms with van der Waals surface area (Å²) < 4.78 is 5.36. The van der Waals surface area contributed by atoms with Crippen LogP contribution in [0.5, 0.6) is 5.75 Å². The number of amides is 2. The van der Waals surface area contributed by atoms with Gasteiger partial charge in [-0.3, -0.25) is 9.59 Å². The van der Waals surface area contributed by atoms with E-state index < -0.39 is 5.91 Å². The quantitative estimate of drug-likeness (QED) is 0.184. The Morgan fingerprint density at radius 1 is 0.853 bits per heavy atom. The van der Waals surface area contributed by atoms with E-state index in [1.54, 1.807) is 43.3 Å². The lowest BCUT2D eigenvalue weighted by Crippen LogP contribution is -2.25. The topological polar surface area (TPSA) is 79.8 Å². The number of carbonyl (C=O) groups excluding carboxylic acids is 2. The van der Waals surface area contributed by atoms with Crippen molar-refractivity contribution < 1.29 is 14.3 Å². The molecule has 34 heavy (non-hydrogen) atoms. The zero-order chi connectivity index (χ0) is 24.8. The molecule has 0 fully saturated rings. The molecule has 0 heterocycles. The number of benzene rings is 3. The van der Waals surface area contributed by atoms with Gasteiger partial charge in [0.1, 0.15) is 5.75 Å². The zero-order valence-electron chi connectivity index (χ0n) is 17.5. The van der Waals surface area contributed by atoms with E-state index in [9.17, 15) is 9.59 Å². The van der Waals surface area contributed by atoms with Gasteiger partial charge in [-0.2, -0.15) is 5.10 Å². The molecule has 0 aliphatic carbocycles. The molecule has 176 valence electrons. The first-order valence-corrected chi connectivity index (χ1v) is 11.5. The van der Waals surface area contributed by atoms with Gasteiger partial charge >= 0.3 is 0 Å². The van der Waals surface area contributed by atoms with Gasteiger partial charge in [-0.05, 0) is 48.9 Å². The van der Waals surface area contributed by atoms with Gasteiger partial charge in [0, 0.05) is 16.8 Å². The summed E-state index contributed by atoms with van der Waals surface area (Å²) in [7, 11) is 0. The second-order valence-electron chi connectivity index (χ2n) is 6.87. The lowest BCUT2D eigenvalue weighted by atomic mass is 10.1. The smallest absolute Gasteiger partial charge is 0.277 e. The molecule has 0 spiro atoms. The summed E-state index contributed by atoms with van der Waals surface area (Å²) in [5.74, 6) is -0.635. The summed E-state index contributed by atoms with van der Waals surface area (Å²) in [6.07, 6.45) is 0. The fourth-order valence-corrected chi connectivity index (χ4v) is 3.75. The number of anilines is 1. The van der Waals surface area contributed by atoms with Crippen LogP contribution >= 0.6 is 58.0 Å². The maximum absolute atomic E-state index is 12.4. The highest BCUT2D eigenvalue weighted by atomic mass is 35.5. The minimum Gasteiger partial charge on any atom is -0.482 e. The number of nitrogens with zero attached hydrogens (tertiary/aromatic N) is 1. The molecule has 0 saturated carbocycles. The van der Waals surface area contributed by atoms with Crippen LogP contribution in [0.2, 0.25) is 25.1 Å². The summed E-state index contributed by atoms with van der Waals surface area (Å²) in [5.41, 5.74) is 4.54. The second-order valence-corrected chi connectivity index (χ2v) is 8.94. The van der Waals surface area contributed by atoms with E-state index in [0.717, 1.165) is 5.56 Å². The first-order valence-electron chi connectivity index (χ1n) is 9.61. The Kier molecular flexibility index (Phi) is 9.05. The van der Waals surface area contributed by atoms with E-state index in [1.807, 2.05) is 0 Å². The Labute approximate surface area is 220 Å². The van der Waals surface area contributed by atoms with Crippen LogP contribution in [-0.2, 0) is 4.79 Å². The molecule has 3 aromatic carbocycles. The largest absolute Gasteiger partial charge is 0.482 e. The SMILES string of the molecule is CC(=NNC(=O)COc1cc(Cl)c(Cl)cc1Cl)c1ccc(NC(=O)c2ccc(Cl)cc2Cl)cc1. The minimum absolute atomic E-state index is 0.226. The highest BCUT2D eigenvalue weighted by Crippen LogP contribution is 2.33. The van der Waals surface area contributed by atoms with Gasteiger partial charge in [0.05, 0.1) is 31.4 Å². The number of hydrogen-bond donors (Lipinski definition) is 2. The van der Waals surface area contributed by atoms with E-state index in [4.69, 9.17) is 62.7 Å². The van der Waals surface area contributed by atoms with E-state index in [1.165, 1.54) is 18.2 Å². The van der Waals surface area contributed by atoms with Crippen molar-refractivity contribution in [1.82, 2.24) is 5.43 Å². The van der Waals surface area contributed by atoms with Crippen LogP contribution in [0.1, 0.15) is 22.8 Å².